The minimum Gasteiger partial charge on any atom is -0.481 e. The van der Waals surface area contributed by atoms with E-state index in [1.165, 1.54) is 38.5 Å². The maximum atomic E-state index is 10.9. The van der Waals surface area contributed by atoms with E-state index >= 15 is 0 Å². The fraction of sp³-hybridized carbons (Fsp3) is 0.947. The monoisotopic (exact) mass is 327 g/mol. The van der Waals surface area contributed by atoms with Crippen LogP contribution in [-0.4, -0.2) is 17.1 Å². The number of carboxylic acid groups (broad SMARTS) is 1. The third-order valence-electron chi connectivity index (χ3n) is 4.47. The predicted octanol–water partition coefficient (Wildman–Crippen LogP) is 6.47. The van der Waals surface area contributed by atoms with E-state index in [9.17, 15) is 9.70 Å². The van der Waals surface area contributed by atoms with Gasteiger partial charge in [0.15, 0.2) is 0 Å². The quantitative estimate of drug-likeness (QED) is 0.232. The van der Waals surface area contributed by atoms with Gasteiger partial charge in [0.2, 0.25) is 0 Å². The highest BCUT2D eigenvalue weighted by Crippen LogP contribution is 2.16. The smallest absolute Gasteiger partial charge is 0.303 e. The van der Waals surface area contributed by atoms with E-state index in [0.29, 0.717) is 0 Å². The van der Waals surface area contributed by atoms with Crippen molar-refractivity contribution in [3.8, 4) is 0 Å². The summed E-state index contributed by atoms with van der Waals surface area (Å²) in [7, 11) is 0. The standard InChI is InChI=1S/C19H37NO3/c1-2-3-4-5-6-9-12-15-18(20-23)16-13-10-7-8-11-14-17-19(21)22/h18H,2-17H2,1H3,(H,21,22). The first-order valence-electron chi connectivity index (χ1n) is 9.75. The molecule has 0 aliphatic heterocycles. The number of unbranched alkanes of at least 4 members (excludes halogenated alkanes) is 11. The van der Waals surface area contributed by atoms with Crippen molar-refractivity contribution in [3.05, 3.63) is 4.91 Å². The van der Waals surface area contributed by atoms with E-state index in [2.05, 4.69) is 12.1 Å². The lowest BCUT2D eigenvalue weighted by molar-refractivity contribution is -0.137. The molecule has 0 fully saturated rings. The molecular weight excluding hydrogens is 290 g/mol. The van der Waals surface area contributed by atoms with E-state index in [4.69, 9.17) is 5.11 Å². The highest BCUT2D eigenvalue weighted by molar-refractivity contribution is 5.66. The normalized spacial score (nSPS) is 12.2. The van der Waals surface area contributed by atoms with Crippen LogP contribution in [0.4, 0.5) is 0 Å². The van der Waals surface area contributed by atoms with Crippen LogP contribution in [0.25, 0.3) is 0 Å². The lowest BCUT2D eigenvalue weighted by Gasteiger charge is -2.09. The second-order valence-electron chi connectivity index (χ2n) is 6.72. The molecule has 0 amide bonds. The Bertz CT molecular complexity index is 282. The van der Waals surface area contributed by atoms with Gasteiger partial charge in [0.25, 0.3) is 0 Å². The van der Waals surface area contributed by atoms with Gasteiger partial charge in [-0.05, 0) is 19.3 Å². The Hall–Kier alpha value is -0.930. The van der Waals surface area contributed by atoms with Crippen LogP contribution in [0.5, 0.6) is 0 Å². The van der Waals surface area contributed by atoms with Crippen LogP contribution >= 0.6 is 0 Å². The molecule has 0 saturated carbocycles. The third-order valence-corrected chi connectivity index (χ3v) is 4.47. The molecule has 0 rings (SSSR count). The number of nitrogens with zero attached hydrogens (tertiary/aromatic N) is 1. The minimum absolute atomic E-state index is 0.0117. The van der Waals surface area contributed by atoms with E-state index in [1.807, 2.05) is 0 Å². The molecular formula is C19H37NO3. The summed E-state index contributed by atoms with van der Waals surface area (Å²) < 4.78 is 0. The van der Waals surface area contributed by atoms with Crippen molar-refractivity contribution in [2.45, 2.75) is 116 Å². The van der Waals surface area contributed by atoms with Crippen LogP contribution in [-0.2, 0) is 4.79 Å². The third kappa shape index (κ3) is 17.3. The Morgan fingerprint density at radius 2 is 1.22 bits per heavy atom. The number of nitroso groups, excluding NO2 is 1. The maximum Gasteiger partial charge on any atom is 0.303 e. The molecule has 0 aromatic carbocycles. The average molecular weight is 328 g/mol. The Labute approximate surface area is 142 Å². The molecule has 0 aromatic rings. The highest BCUT2D eigenvalue weighted by Gasteiger charge is 2.08. The number of hydrogen-bond acceptors (Lipinski definition) is 3. The van der Waals surface area contributed by atoms with Gasteiger partial charge in [-0.3, -0.25) is 4.79 Å². The molecule has 23 heavy (non-hydrogen) atoms. The van der Waals surface area contributed by atoms with Crippen molar-refractivity contribution in [1.82, 2.24) is 0 Å². The van der Waals surface area contributed by atoms with Crippen LogP contribution in [0.2, 0.25) is 0 Å². The maximum absolute atomic E-state index is 10.9. The summed E-state index contributed by atoms with van der Waals surface area (Å²) in [6.45, 7) is 2.23. The van der Waals surface area contributed by atoms with Gasteiger partial charge >= 0.3 is 5.97 Å². The fourth-order valence-electron chi connectivity index (χ4n) is 2.95. The first-order chi connectivity index (χ1) is 11.2. The van der Waals surface area contributed by atoms with Crippen LogP contribution in [0.15, 0.2) is 5.18 Å². The molecule has 0 bridgehead atoms. The zero-order valence-corrected chi connectivity index (χ0v) is 15.1. The number of aliphatic carboxylic acids is 1. The van der Waals surface area contributed by atoms with Gasteiger partial charge in [-0.25, -0.2) is 0 Å². The second kappa shape index (κ2) is 17.4. The fourth-order valence-corrected chi connectivity index (χ4v) is 2.95. The van der Waals surface area contributed by atoms with E-state index in [-0.39, 0.29) is 12.5 Å². The summed E-state index contributed by atoms with van der Waals surface area (Å²) in [5, 5.41) is 11.8. The van der Waals surface area contributed by atoms with Crippen molar-refractivity contribution in [2.24, 2.45) is 5.18 Å². The molecule has 0 aliphatic carbocycles. The lowest BCUT2D eigenvalue weighted by Crippen LogP contribution is -2.03. The average Bonchev–Trinajstić information content (AvgIpc) is 2.54. The van der Waals surface area contributed by atoms with Crippen LogP contribution in [0, 0.1) is 4.91 Å². The molecule has 0 aliphatic rings. The summed E-state index contributed by atoms with van der Waals surface area (Å²) in [5.74, 6) is -0.699. The van der Waals surface area contributed by atoms with E-state index in [1.54, 1.807) is 0 Å². The molecule has 1 N–H and O–H groups in total. The van der Waals surface area contributed by atoms with Crippen molar-refractivity contribution >= 4 is 5.97 Å². The van der Waals surface area contributed by atoms with Crippen molar-refractivity contribution < 1.29 is 9.90 Å². The van der Waals surface area contributed by atoms with Crippen molar-refractivity contribution in [2.75, 3.05) is 0 Å². The zero-order valence-electron chi connectivity index (χ0n) is 15.1. The Morgan fingerprint density at radius 3 is 1.65 bits per heavy atom. The molecule has 1 atom stereocenters. The highest BCUT2D eigenvalue weighted by atomic mass is 16.4. The molecule has 4 heteroatoms. The van der Waals surface area contributed by atoms with Crippen molar-refractivity contribution in [3.63, 3.8) is 0 Å². The number of hydrogen-bond donors (Lipinski definition) is 1. The molecule has 1 unspecified atom stereocenters. The number of rotatable bonds is 18. The summed E-state index contributed by atoms with van der Waals surface area (Å²) in [4.78, 5) is 21.2. The van der Waals surface area contributed by atoms with E-state index in [0.717, 1.165) is 57.8 Å². The molecule has 4 nitrogen and oxygen atoms in total. The topological polar surface area (TPSA) is 66.7 Å². The first kappa shape index (κ1) is 22.1. The Balaban J connectivity index is 3.34. The van der Waals surface area contributed by atoms with Crippen molar-refractivity contribution in [1.29, 1.82) is 0 Å². The number of carbonyl (C=O) groups is 1. The van der Waals surface area contributed by atoms with Gasteiger partial charge in [-0.1, -0.05) is 89.2 Å². The SMILES string of the molecule is CCCCCCCCCC(CCCCCCCCC(=O)O)N=O. The molecule has 0 spiro atoms. The summed E-state index contributed by atoms with van der Waals surface area (Å²) in [5.41, 5.74) is 0. The summed E-state index contributed by atoms with van der Waals surface area (Å²) in [6.07, 6.45) is 17.4. The minimum atomic E-state index is -0.699. The molecule has 0 radical (unpaired) electrons. The summed E-state index contributed by atoms with van der Waals surface area (Å²) in [6, 6.07) is 0.0117. The zero-order chi connectivity index (χ0) is 17.2. The van der Waals surface area contributed by atoms with Gasteiger partial charge in [0, 0.05) is 6.42 Å². The van der Waals surface area contributed by atoms with E-state index < -0.39 is 5.97 Å². The molecule has 0 heterocycles. The van der Waals surface area contributed by atoms with Gasteiger partial charge in [-0.2, -0.15) is 4.91 Å². The second-order valence-corrected chi connectivity index (χ2v) is 6.72. The first-order valence-corrected chi connectivity index (χ1v) is 9.75. The lowest BCUT2D eigenvalue weighted by atomic mass is 10.0. The van der Waals surface area contributed by atoms with Gasteiger partial charge in [0.05, 0.1) is 6.04 Å². The molecule has 0 saturated heterocycles. The Morgan fingerprint density at radius 1 is 0.783 bits per heavy atom. The largest absolute Gasteiger partial charge is 0.481 e. The van der Waals surface area contributed by atoms with Gasteiger partial charge < -0.3 is 5.11 Å². The van der Waals surface area contributed by atoms with Crippen LogP contribution in [0.3, 0.4) is 0 Å². The van der Waals surface area contributed by atoms with Gasteiger partial charge in [-0.15, -0.1) is 0 Å². The number of carboxylic acids is 1. The molecule has 136 valence electrons. The van der Waals surface area contributed by atoms with Crippen LogP contribution < -0.4 is 0 Å². The summed E-state index contributed by atoms with van der Waals surface area (Å²) >= 11 is 0. The predicted molar refractivity (Wildman–Crippen MR) is 96.8 cm³/mol. The van der Waals surface area contributed by atoms with Crippen LogP contribution in [0.1, 0.15) is 110 Å². The Kier molecular flexibility index (Phi) is 16.7. The van der Waals surface area contributed by atoms with Gasteiger partial charge in [0.1, 0.15) is 0 Å². The molecule has 0 aromatic heterocycles.